The zero-order valence-corrected chi connectivity index (χ0v) is 11.9. The van der Waals surface area contributed by atoms with Crippen LogP contribution in [-0.4, -0.2) is 17.3 Å². The summed E-state index contributed by atoms with van der Waals surface area (Å²) in [6, 6.07) is 25.4. The Labute approximate surface area is 129 Å². The fourth-order valence-corrected chi connectivity index (χ4v) is 3.47. The number of para-hydroxylation sites is 3. The molecule has 0 aliphatic carbocycles. The van der Waals surface area contributed by atoms with Gasteiger partial charge in [0.2, 0.25) is 0 Å². The zero-order valence-electron chi connectivity index (χ0n) is 11.9. The van der Waals surface area contributed by atoms with Crippen molar-refractivity contribution in [2.45, 2.75) is 0 Å². The second-order valence-electron chi connectivity index (χ2n) is 5.44. The van der Waals surface area contributed by atoms with Crippen molar-refractivity contribution >= 4 is 24.3 Å². The van der Waals surface area contributed by atoms with Gasteiger partial charge < -0.3 is 10.0 Å². The normalized spacial score (nSPS) is 14.3. The van der Waals surface area contributed by atoms with Gasteiger partial charge in [0, 0.05) is 11.1 Å². The van der Waals surface area contributed by atoms with Crippen molar-refractivity contribution < 1.29 is 10.0 Å². The molecule has 4 heteroatoms. The number of fused-ring (bicyclic) bond motifs is 3. The Hall–Kier alpha value is -2.40. The van der Waals surface area contributed by atoms with Crippen molar-refractivity contribution in [3.05, 3.63) is 78.9 Å². The van der Waals surface area contributed by atoms with E-state index in [9.17, 15) is 10.0 Å². The molecule has 0 radical (unpaired) electrons. The first-order valence-electron chi connectivity index (χ1n) is 7.26. The molecular weight excluding hydrogens is 273 g/mol. The lowest BCUT2D eigenvalue weighted by atomic mass is 9.94. The molecule has 1 aliphatic heterocycles. The van der Waals surface area contributed by atoms with Crippen molar-refractivity contribution in [1.29, 1.82) is 0 Å². The summed E-state index contributed by atoms with van der Waals surface area (Å²) in [5, 5.41) is 20.8. The van der Waals surface area contributed by atoms with E-state index in [0.717, 1.165) is 28.2 Å². The van der Waals surface area contributed by atoms with Crippen molar-refractivity contribution in [3.63, 3.8) is 0 Å². The monoisotopic (exact) mass is 288 g/mol. The van der Waals surface area contributed by atoms with Gasteiger partial charge in [0.25, 0.3) is 0 Å². The van der Waals surface area contributed by atoms with Crippen LogP contribution in [0.5, 0.6) is 0 Å². The summed E-state index contributed by atoms with van der Waals surface area (Å²) in [5.74, 6) is 0. The Morgan fingerprint density at radius 3 is 1.55 bits per heavy atom. The van der Waals surface area contributed by atoms with Crippen molar-refractivity contribution in [3.8, 4) is 11.1 Å². The molecule has 22 heavy (non-hydrogen) atoms. The number of quaternary nitrogens is 1. The van der Waals surface area contributed by atoms with E-state index in [1.165, 1.54) is 0 Å². The molecule has 0 saturated heterocycles. The molecule has 2 N–H and O–H groups in total. The fourth-order valence-electron chi connectivity index (χ4n) is 3.47. The summed E-state index contributed by atoms with van der Waals surface area (Å²) in [6.45, 7) is 0. The number of hydrogen-bond donors (Lipinski definition) is 2. The number of rotatable bonds is 2. The van der Waals surface area contributed by atoms with Crippen LogP contribution in [-0.2, 0) is 0 Å². The molecule has 3 nitrogen and oxygen atoms in total. The van der Waals surface area contributed by atoms with Gasteiger partial charge in [0.1, 0.15) is 17.1 Å². The highest BCUT2D eigenvalue weighted by molar-refractivity contribution is 6.49. The van der Waals surface area contributed by atoms with Crippen LogP contribution in [0.15, 0.2) is 78.9 Å². The lowest BCUT2D eigenvalue weighted by Gasteiger charge is -2.33. The van der Waals surface area contributed by atoms with Crippen LogP contribution in [0.25, 0.3) is 11.1 Å². The van der Waals surface area contributed by atoms with Crippen LogP contribution in [0.4, 0.5) is 17.1 Å². The van der Waals surface area contributed by atoms with Gasteiger partial charge in [-0.25, -0.2) is 4.39 Å². The van der Waals surface area contributed by atoms with Crippen LogP contribution >= 0.6 is 0 Å². The van der Waals surface area contributed by atoms with Crippen LogP contribution in [0.2, 0.25) is 0 Å². The van der Waals surface area contributed by atoms with Crippen molar-refractivity contribution in [1.82, 2.24) is 4.39 Å². The van der Waals surface area contributed by atoms with Gasteiger partial charge in [0.05, 0.1) is 0 Å². The molecule has 0 saturated carbocycles. The molecule has 3 aromatic carbocycles. The first-order valence-corrected chi connectivity index (χ1v) is 7.26. The summed E-state index contributed by atoms with van der Waals surface area (Å²) >= 11 is 0. The average Bonchev–Trinajstić information content (AvgIpc) is 2.87. The van der Waals surface area contributed by atoms with Crippen LogP contribution in [0.1, 0.15) is 0 Å². The molecule has 0 unspecified atom stereocenters. The predicted octanol–water partition coefficient (Wildman–Crippen LogP) is 3.61. The van der Waals surface area contributed by atoms with Gasteiger partial charge in [-0.2, -0.15) is 0 Å². The van der Waals surface area contributed by atoms with E-state index in [1.54, 1.807) is 0 Å². The van der Waals surface area contributed by atoms with E-state index in [-0.39, 0.29) is 4.39 Å². The summed E-state index contributed by atoms with van der Waals surface area (Å²) in [6.07, 6.45) is 0. The fraction of sp³-hybridized carbons (Fsp3) is 0. The highest BCUT2D eigenvalue weighted by Crippen LogP contribution is 2.57. The van der Waals surface area contributed by atoms with E-state index in [1.807, 2.05) is 78.9 Å². The Bertz CT molecular complexity index is 788. The summed E-state index contributed by atoms with van der Waals surface area (Å²) < 4.78 is -0.0901. The molecule has 106 valence electrons. The first kappa shape index (κ1) is 13.3. The van der Waals surface area contributed by atoms with Gasteiger partial charge in [-0.1, -0.05) is 42.5 Å². The minimum absolute atomic E-state index is 0.0901. The van der Waals surface area contributed by atoms with E-state index < -0.39 is 7.25 Å². The van der Waals surface area contributed by atoms with Crippen molar-refractivity contribution in [2.75, 3.05) is 0 Å². The van der Waals surface area contributed by atoms with Crippen molar-refractivity contribution in [2.24, 2.45) is 0 Å². The number of benzene rings is 3. The first-order chi connectivity index (χ1) is 10.8. The van der Waals surface area contributed by atoms with Gasteiger partial charge >= 0.3 is 7.25 Å². The predicted molar refractivity (Wildman–Crippen MR) is 89.6 cm³/mol. The maximum atomic E-state index is 10.4. The maximum Gasteiger partial charge on any atom is 0.770 e. The lowest BCUT2D eigenvalue weighted by Crippen LogP contribution is -2.51. The molecule has 1 heterocycles. The molecular formula is C18H15BNO2+. The third kappa shape index (κ3) is 1.57. The van der Waals surface area contributed by atoms with Gasteiger partial charge in [0.15, 0.2) is 0 Å². The smallest absolute Gasteiger partial charge is 0.369 e. The molecule has 0 aromatic heterocycles. The van der Waals surface area contributed by atoms with Gasteiger partial charge in [-0.3, -0.25) is 0 Å². The molecule has 3 aromatic rings. The largest absolute Gasteiger partial charge is 0.770 e. The number of nitrogens with zero attached hydrogens (tertiary/aromatic N) is 1. The molecule has 0 bridgehead atoms. The van der Waals surface area contributed by atoms with E-state index in [0.29, 0.717) is 0 Å². The summed E-state index contributed by atoms with van der Waals surface area (Å²) in [7, 11) is -1.58. The second-order valence-corrected chi connectivity index (χ2v) is 5.44. The van der Waals surface area contributed by atoms with E-state index in [2.05, 4.69) is 0 Å². The standard InChI is InChI=1S/C18H15BNO2/c21-19(22)20(14-8-2-1-3-9-14)17-12-6-4-10-15(17)16-11-5-7-13-18(16)20/h1-13,21-22H/q+1. The van der Waals surface area contributed by atoms with Crippen LogP contribution in [0, 0.1) is 0 Å². The average molecular weight is 288 g/mol. The highest BCUT2D eigenvalue weighted by Gasteiger charge is 2.55. The lowest BCUT2D eigenvalue weighted by molar-refractivity contribution is 0.354. The minimum atomic E-state index is -1.58. The van der Waals surface area contributed by atoms with Gasteiger partial charge in [-0.05, 0) is 36.4 Å². The SMILES string of the molecule is OB(O)[N+]1(c2ccccc2)c2ccccc2-c2ccccc21. The quantitative estimate of drug-likeness (QED) is 0.707. The molecule has 1 aliphatic rings. The molecule has 0 atom stereocenters. The van der Waals surface area contributed by atoms with Crippen LogP contribution < -0.4 is 4.39 Å². The van der Waals surface area contributed by atoms with E-state index >= 15 is 0 Å². The van der Waals surface area contributed by atoms with Crippen LogP contribution in [0.3, 0.4) is 0 Å². The van der Waals surface area contributed by atoms with Gasteiger partial charge in [-0.15, -0.1) is 0 Å². The molecule has 0 spiro atoms. The number of hydrogen-bond acceptors (Lipinski definition) is 2. The zero-order chi connectivity index (χ0) is 15.2. The Morgan fingerprint density at radius 1 is 0.591 bits per heavy atom. The highest BCUT2D eigenvalue weighted by atomic mass is 16.4. The maximum absolute atomic E-state index is 10.4. The minimum Gasteiger partial charge on any atom is -0.369 e. The Kier molecular flexibility index (Phi) is 2.91. The Morgan fingerprint density at radius 2 is 1.05 bits per heavy atom. The third-order valence-corrected chi connectivity index (χ3v) is 4.37. The molecule has 4 rings (SSSR count). The topological polar surface area (TPSA) is 40.5 Å². The summed E-state index contributed by atoms with van der Waals surface area (Å²) in [4.78, 5) is 0. The third-order valence-electron chi connectivity index (χ3n) is 4.37. The van der Waals surface area contributed by atoms with E-state index in [4.69, 9.17) is 0 Å². The Balaban J connectivity index is 2.15. The molecule has 0 amide bonds. The molecule has 0 fully saturated rings. The summed E-state index contributed by atoms with van der Waals surface area (Å²) in [5.41, 5.74) is 4.66. The second kappa shape index (κ2) is 4.82.